The van der Waals surface area contributed by atoms with Crippen LogP contribution in [0.4, 0.5) is 32.0 Å². The molecule has 0 unspecified atom stereocenters. The van der Waals surface area contributed by atoms with Crippen LogP contribution in [-0.2, 0) is 12.4 Å². The van der Waals surface area contributed by atoms with E-state index in [-0.39, 0.29) is 11.8 Å². The zero-order valence-electron chi connectivity index (χ0n) is 13.3. The quantitative estimate of drug-likeness (QED) is 0.591. The molecule has 0 saturated heterocycles. The number of hydrogen-bond donors (Lipinski definition) is 1. The number of alkyl halides is 6. The molecule has 1 amide bonds. The maximum atomic E-state index is 12.9. The number of aromatic nitrogens is 1. The Labute approximate surface area is 148 Å². The van der Waals surface area contributed by atoms with Gasteiger partial charge in [-0.2, -0.15) is 26.3 Å². The van der Waals surface area contributed by atoms with Crippen LogP contribution < -0.4 is 5.32 Å². The summed E-state index contributed by atoms with van der Waals surface area (Å²) in [6.45, 7) is 0. The predicted molar refractivity (Wildman–Crippen MR) is 86.1 cm³/mol. The smallest absolute Gasteiger partial charge is 0.321 e. The van der Waals surface area contributed by atoms with E-state index in [4.69, 9.17) is 0 Å². The lowest BCUT2D eigenvalue weighted by Crippen LogP contribution is -2.17. The molecule has 0 aliphatic carbocycles. The Balaban J connectivity index is 2.02. The van der Waals surface area contributed by atoms with Gasteiger partial charge in [0.25, 0.3) is 5.91 Å². The third-order valence-electron chi connectivity index (χ3n) is 3.73. The fraction of sp³-hybridized carbons (Fsp3) is 0.111. The molecule has 0 aliphatic heterocycles. The van der Waals surface area contributed by atoms with Gasteiger partial charge in [-0.05, 0) is 29.7 Å². The number of rotatable bonds is 2. The standard InChI is InChI=1S/C18H10F6N2O/c19-17(20,21)11-7-12(18(22,23)24)9-13(8-11)26-16(27)15-14-4-2-1-3-10(14)5-6-25-15/h1-9H,(H,26,27). The summed E-state index contributed by atoms with van der Waals surface area (Å²) in [6, 6.07) is 9.12. The van der Waals surface area contributed by atoms with Crippen LogP contribution in [0.2, 0.25) is 0 Å². The first-order valence-electron chi connectivity index (χ1n) is 7.50. The van der Waals surface area contributed by atoms with Crippen LogP contribution >= 0.6 is 0 Å². The molecule has 3 nitrogen and oxygen atoms in total. The monoisotopic (exact) mass is 384 g/mol. The highest BCUT2D eigenvalue weighted by Crippen LogP contribution is 2.37. The lowest BCUT2D eigenvalue weighted by molar-refractivity contribution is -0.143. The fourth-order valence-electron chi connectivity index (χ4n) is 2.52. The second kappa shape index (κ2) is 6.57. The largest absolute Gasteiger partial charge is 0.416 e. The van der Waals surface area contributed by atoms with Gasteiger partial charge in [-0.25, -0.2) is 0 Å². The Morgan fingerprint density at radius 2 is 1.44 bits per heavy atom. The Morgan fingerprint density at radius 1 is 0.852 bits per heavy atom. The third kappa shape index (κ3) is 4.02. The first-order valence-corrected chi connectivity index (χ1v) is 7.50. The summed E-state index contributed by atoms with van der Waals surface area (Å²) in [5, 5.41) is 3.14. The van der Waals surface area contributed by atoms with Crippen molar-refractivity contribution < 1.29 is 31.1 Å². The lowest BCUT2D eigenvalue weighted by atomic mass is 10.1. The first-order chi connectivity index (χ1) is 12.6. The van der Waals surface area contributed by atoms with Crippen molar-refractivity contribution in [2.24, 2.45) is 0 Å². The van der Waals surface area contributed by atoms with Gasteiger partial charge >= 0.3 is 12.4 Å². The molecule has 0 aliphatic rings. The Kier molecular flexibility index (Phi) is 4.54. The average molecular weight is 384 g/mol. The molecule has 1 heterocycles. The maximum absolute atomic E-state index is 12.9. The van der Waals surface area contributed by atoms with Crippen LogP contribution in [0.3, 0.4) is 0 Å². The molecule has 0 bridgehead atoms. The molecule has 3 aromatic rings. The van der Waals surface area contributed by atoms with Gasteiger partial charge in [0.15, 0.2) is 0 Å². The zero-order chi connectivity index (χ0) is 19.8. The van der Waals surface area contributed by atoms with E-state index >= 15 is 0 Å². The molecule has 3 rings (SSSR count). The van der Waals surface area contributed by atoms with Crippen molar-refractivity contribution in [3.8, 4) is 0 Å². The summed E-state index contributed by atoms with van der Waals surface area (Å²) in [6.07, 6.45) is -8.68. The van der Waals surface area contributed by atoms with Crippen molar-refractivity contribution in [2.75, 3.05) is 5.32 Å². The van der Waals surface area contributed by atoms with Gasteiger partial charge in [0, 0.05) is 17.3 Å². The van der Waals surface area contributed by atoms with Crippen LogP contribution in [0.1, 0.15) is 21.6 Å². The number of halogens is 6. The SMILES string of the molecule is O=C(Nc1cc(C(F)(F)F)cc(C(F)(F)F)c1)c1nccc2ccccc12. The highest BCUT2D eigenvalue weighted by molar-refractivity contribution is 6.11. The van der Waals surface area contributed by atoms with E-state index in [9.17, 15) is 31.1 Å². The van der Waals surface area contributed by atoms with Crippen LogP contribution in [0.15, 0.2) is 54.7 Å². The number of amides is 1. The Hall–Kier alpha value is -3.10. The second-order valence-electron chi connectivity index (χ2n) is 5.63. The zero-order valence-corrected chi connectivity index (χ0v) is 13.3. The van der Waals surface area contributed by atoms with Crippen LogP contribution in [0.25, 0.3) is 10.8 Å². The van der Waals surface area contributed by atoms with E-state index in [1.807, 2.05) is 0 Å². The van der Waals surface area contributed by atoms with Crippen LogP contribution in [-0.4, -0.2) is 10.9 Å². The molecule has 0 spiro atoms. The summed E-state index contributed by atoms with van der Waals surface area (Å²) in [5.74, 6) is -0.917. The van der Waals surface area contributed by atoms with E-state index in [0.29, 0.717) is 22.9 Å². The number of nitrogens with zero attached hydrogens (tertiary/aromatic N) is 1. The molecule has 140 valence electrons. The highest BCUT2D eigenvalue weighted by Gasteiger charge is 2.37. The summed E-state index contributed by atoms with van der Waals surface area (Å²) in [7, 11) is 0. The molecular weight excluding hydrogens is 374 g/mol. The number of pyridine rings is 1. The van der Waals surface area contributed by atoms with Crippen molar-refractivity contribution >= 4 is 22.4 Å². The van der Waals surface area contributed by atoms with Gasteiger partial charge in [0.05, 0.1) is 11.1 Å². The number of nitrogens with one attached hydrogen (secondary N) is 1. The molecule has 0 radical (unpaired) electrons. The van der Waals surface area contributed by atoms with E-state index in [1.54, 1.807) is 30.3 Å². The maximum Gasteiger partial charge on any atom is 0.416 e. The number of carbonyl (C=O) groups excluding carboxylic acids is 1. The van der Waals surface area contributed by atoms with E-state index in [2.05, 4.69) is 10.3 Å². The fourth-order valence-corrected chi connectivity index (χ4v) is 2.52. The molecule has 0 fully saturated rings. The minimum atomic E-state index is -5.00. The van der Waals surface area contributed by atoms with Crippen molar-refractivity contribution in [3.05, 3.63) is 71.5 Å². The summed E-state index contributed by atoms with van der Waals surface area (Å²) in [4.78, 5) is 16.3. The molecule has 2 aromatic carbocycles. The Bertz CT molecular complexity index is 973. The molecule has 0 saturated carbocycles. The molecular formula is C18H10F6N2O. The Morgan fingerprint density at radius 3 is 2.04 bits per heavy atom. The van der Waals surface area contributed by atoms with Gasteiger partial charge in [-0.3, -0.25) is 9.78 Å². The molecule has 27 heavy (non-hydrogen) atoms. The van der Waals surface area contributed by atoms with Crippen molar-refractivity contribution in [1.29, 1.82) is 0 Å². The van der Waals surface area contributed by atoms with Crippen molar-refractivity contribution in [2.45, 2.75) is 12.4 Å². The minimum Gasteiger partial charge on any atom is -0.321 e. The molecule has 0 atom stereocenters. The lowest BCUT2D eigenvalue weighted by Gasteiger charge is -2.15. The predicted octanol–water partition coefficient (Wildman–Crippen LogP) is 5.52. The van der Waals surface area contributed by atoms with Gasteiger partial charge < -0.3 is 5.32 Å². The van der Waals surface area contributed by atoms with E-state index in [1.165, 1.54) is 6.20 Å². The number of anilines is 1. The second-order valence-corrected chi connectivity index (χ2v) is 5.63. The van der Waals surface area contributed by atoms with Gasteiger partial charge in [0.2, 0.25) is 0 Å². The molecule has 9 heteroatoms. The van der Waals surface area contributed by atoms with Gasteiger partial charge in [-0.1, -0.05) is 24.3 Å². The van der Waals surface area contributed by atoms with Crippen molar-refractivity contribution in [3.63, 3.8) is 0 Å². The molecule has 1 aromatic heterocycles. The van der Waals surface area contributed by atoms with Gasteiger partial charge in [0.1, 0.15) is 5.69 Å². The summed E-state index contributed by atoms with van der Waals surface area (Å²) in [5.41, 5.74) is -3.77. The molecule has 1 N–H and O–H groups in total. The number of benzene rings is 2. The third-order valence-corrected chi connectivity index (χ3v) is 3.73. The average Bonchev–Trinajstić information content (AvgIpc) is 2.59. The minimum absolute atomic E-state index is 0.00811. The van der Waals surface area contributed by atoms with Crippen LogP contribution in [0.5, 0.6) is 0 Å². The number of hydrogen-bond acceptors (Lipinski definition) is 2. The first kappa shape index (κ1) is 18.7. The highest BCUT2D eigenvalue weighted by atomic mass is 19.4. The van der Waals surface area contributed by atoms with Gasteiger partial charge in [-0.15, -0.1) is 0 Å². The number of carbonyl (C=O) groups is 1. The summed E-state index contributed by atoms with van der Waals surface area (Å²) >= 11 is 0. The normalized spacial score (nSPS) is 12.2. The van der Waals surface area contributed by atoms with Crippen LogP contribution in [0, 0.1) is 0 Å². The van der Waals surface area contributed by atoms with Crippen molar-refractivity contribution in [1.82, 2.24) is 4.98 Å². The van der Waals surface area contributed by atoms with E-state index in [0.717, 1.165) is 0 Å². The number of fused-ring (bicyclic) bond motifs is 1. The topological polar surface area (TPSA) is 42.0 Å². The van der Waals surface area contributed by atoms with E-state index < -0.39 is 35.1 Å². The summed E-state index contributed by atoms with van der Waals surface area (Å²) < 4.78 is 77.5.